The number of amides is 3. The number of hydrogen-bond donors (Lipinski definition) is 10. The number of nitrogen functional groups attached to an aromatic ring is 1. The lowest BCUT2D eigenvalue weighted by molar-refractivity contribution is -0.161. The van der Waals surface area contributed by atoms with Crippen molar-refractivity contribution >= 4 is 56.3 Å². The number of pyridine rings is 1. The van der Waals surface area contributed by atoms with E-state index in [0.29, 0.717) is 4.57 Å². The van der Waals surface area contributed by atoms with Gasteiger partial charge in [0, 0.05) is 17.6 Å². The monoisotopic (exact) mass is 732 g/mol. The summed E-state index contributed by atoms with van der Waals surface area (Å²) < 4.78 is 27.6. The van der Waals surface area contributed by atoms with Crippen LogP contribution in [0.5, 0.6) is 5.75 Å². The quantitative estimate of drug-likeness (QED) is 0.0522. The smallest absolute Gasteiger partial charge is 0.362 e. The zero-order chi connectivity index (χ0) is 36.8. The molecule has 11 N–H and O–H groups in total. The van der Waals surface area contributed by atoms with Crippen molar-refractivity contribution < 1.29 is 58.0 Å². The third-order valence-corrected chi connectivity index (χ3v) is 7.76. The highest BCUT2D eigenvalue weighted by Gasteiger charge is 2.33. The minimum absolute atomic E-state index is 0.0423. The molecule has 0 fully saturated rings. The van der Waals surface area contributed by atoms with Crippen LogP contribution >= 0.6 is 11.3 Å². The van der Waals surface area contributed by atoms with Gasteiger partial charge in [-0.15, -0.1) is 16.4 Å². The van der Waals surface area contributed by atoms with E-state index in [9.17, 15) is 62.7 Å². The van der Waals surface area contributed by atoms with Gasteiger partial charge in [-0.2, -0.15) is 8.42 Å². The number of urea groups is 1. The second kappa shape index (κ2) is 14.9. The first kappa shape index (κ1) is 37.6. The standard InChI is InChI=1S/C23H28N10O14S2/c1-23(2,19(41)42)47-30-15(12-8-48-20(24)28-12)17(38)27-11(18(39)40)4-26-21(43)31-49(45,46)33-22(44)32(6-9(35)7-34)16(29-33)10-3-13(36)14(37)5-25-10/h3,5,8-9,11,34-35,37H,4,6-7H2,1-2H3,(H2,24,28)(H,25,36)(H,27,38)(H,39,40)(H,41,42)(H2,26,31,43)/b30-15-/t9-,11+/m1/s1. The van der Waals surface area contributed by atoms with E-state index in [1.165, 1.54) is 10.1 Å². The van der Waals surface area contributed by atoms with Crippen molar-refractivity contribution in [2.45, 2.75) is 38.1 Å². The highest BCUT2D eigenvalue weighted by atomic mass is 32.2. The van der Waals surface area contributed by atoms with Gasteiger partial charge in [0.25, 0.3) is 5.91 Å². The van der Waals surface area contributed by atoms with E-state index in [1.807, 2.05) is 10.6 Å². The minimum atomic E-state index is -5.24. The molecule has 24 nitrogen and oxygen atoms in total. The predicted octanol–water partition coefficient (Wildman–Crippen LogP) is -4.26. The summed E-state index contributed by atoms with van der Waals surface area (Å²) in [6, 6.07) is -2.85. The molecular formula is C23H28N10O14S2. The Bertz CT molecular complexity index is 2010. The van der Waals surface area contributed by atoms with Crippen LogP contribution in [-0.4, -0.2) is 118 Å². The number of carboxylic acid groups (broad SMARTS) is 2. The molecule has 3 rings (SSSR count). The van der Waals surface area contributed by atoms with Crippen LogP contribution in [0.15, 0.2) is 32.4 Å². The highest BCUT2D eigenvalue weighted by Crippen LogP contribution is 2.16. The molecule has 3 heterocycles. The lowest BCUT2D eigenvalue weighted by atomic mass is 10.1. The number of aliphatic carboxylic acids is 2. The summed E-state index contributed by atoms with van der Waals surface area (Å²) in [5, 5.41) is 59.6. The second-order valence-electron chi connectivity index (χ2n) is 10.1. The molecule has 3 amide bonds. The third-order valence-electron chi connectivity index (χ3n) is 5.95. The number of nitrogens with zero attached hydrogens (tertiary/aromatic N) is 5. The number of anilines is 1. The Morgan fingerprint density at radius 3 is 2.45 bits per heavy atom. The summed E-state index contributed by atoms with van der Waals surface area (Å²) in [6.07, 6.45) is -0.815. The van der Waals surface area contributed by atoms with Crippen LogP contribution in [0.2, 0.25) is 0 Å². The Kier molecular flexibility index (Phi) is 11.4. The predicted molar refractivity (Wildman–Crippen MR) is 164 cm³/mol. The fourth-order valence-corrected chi connectivity index (χ4v) is 4.81. The number of aromatic amines is 1. The Morgan fingerprint density at radius 1 is 1.22 bits per heavy atom. The van der Waals surface area contributed by atoms with Crippen LogP contribution in [0, 0.1) is 0 Å². The number of aromatic hydroxyl groups is 1. The van der Waals surface area contributed by atoms with Gasteiger partial charge in [-0.05, 0) is 13.8 Å². The van der Waals surface area contributed by atoms with E-state index in [0.717, 1.165) is 37.4 Å². The van der Waals surface area contributed by atoms with E-state index in [4.69, 9.17) is 10.6 Å². The fourth-order valence-electron chi connectivity index (χ4n) is 3.38. The topological polar surface area (TPSA) is 373 Å². The second-order valence-corrected chi connectivity index (χ2v) is 12.5. The molecule has 266 valence electrons. The number of carbonyl (C=O) groups is 4. The van der Waals surface area contributed by atoms with Crippen molar-refractivity contribution in [3.8, 4) is 17.3 Å². The van der Waals surface area contributed by atoms with E-state index in [-0.39, 0.29) is 20.6 Å². The van der Waals surface area contributed by atoms with Gasteiger partial charge >= 0.3 is 33.9 Å². The summed E-state index contributed by atoms with van der Waals surface area (Å²) in [5.74, 6) is -5.81. The van der Waals surface area contributed by atoms with Crippen LogP contribution in [0.25, 0.3) is 11.5 Å². The average Bonchev–Trinajstić information content (AvgIpc) is 3.59. The van der Waals surface area contributed by atoms with Crippen molar-refractivity contribution in [1.82, 2.24) is 39.1 Å². The first-order chi connectivity index (χ1) is 22.8. The molecular weight excluding hydrogens is 704 g/mol. The molecule has 0 saturated carbocycles. The number of aliphatic hydroxyl groups excluding tert-OH is 2. The molecule has 0 spiro atoms. The van der Waals surface area contributed by atoms with Crippen molar-refractivity contribution in [3.63, 3.8) is 0 Å². The van der Waals surface area contributed by atoms with Gasteiger partial charge in [0.15, 0.2) is 22.4 Å². The molecule has 0 bridgehead atoms. The fraction of sp³-hybridized carbons (Fsp3) is 0.348. The molecule has 0 aliphatic heterocycles. The maximum atomic E-state index is 13.0. The summed E-state index contributed by atoms with van der Waals surface area (Å²) in [6.45, 7) is -0.398. The molecule has 26 heteroatoms. The normalized spacial score (nSPS) is 13.3. The molecule has 0 aliphatic carbocycles. The van der Waals surface area contributed by atoms with Gasteiger partial charge in [0.1, 0.15) is 11.7 Å². The summed E-state index contributed by atoms with van der Waals surface area (Å²) in [4.78, 5) is 84.8. The number of aromatic nitrogens is 5. The maximum Gasteiger partial charge on any atom is 0.362 e. The Hall–Kier alpha value is -5.86. The van der Waals surface area contributed by atoms with Gasteiger partial charge in [0.2, 0.25) is 11.0 Å². The Labute approximate surface area is 276 Å². The van der Waals surface area contributed by atoms with Crippen LogP contribution in [0.4, 0.5) is 9.93 Å². The number of H-pyrrole nitrogens is 1. The number of nitrogens with one attached hydrogen (secondary N) is 4. The van der Waals surface area contributed by atoms with Crippen LogP contribution in [-0.2, 0) is 36.0 Å². The number of carbonyl (C=O) groups excluding carboxylic acids is 2. The summed E-state index contributed by atoms with van der Waals surface area (Å²) >= 11 is 0.855. The van der Waals surface area contributed by atoms with Crippen LogP contribution in [0.3, 0.4) is 0 Å². The van der Waals surface area contributed by atoms with E-state index >= 15 is 0 Å². The number of aliphatic hydroxyl groups is 2. The van der Waals surface area contributed by atoms with Crippen molar-refractivity contribution in [2.75, 3.05) is 18.9 Å². The largest absolute Gasteiger partial charge is 0.503 e. The van der Waals surface area contributed by atoms with E-state index in [2.05, 4.69) is 20.2 Å². The third kappa shape index (κ3) is 9.15. The molecule has 2 atom stereocenters. The molecule has 49 heavy (non-hydrogen) atoms. The van der Waals surface area contributed by atoms with Crippen LogP contribution < -0.4 is 32.2 Å². The first-order valence-electron chi connectivity index (χ1n) is 13.2. The number of carboxylic acids is 2. The van der Waals surface area contributed by atoms with E-state index < -0.39 is 99.9 Å². The van der Waals surface area contributed by atoms with Crippen LogP contribution in [0.1, 0.15) is 19.5 Å². The van der Waals surface area contributed by atoms with Gasteiger partial charge < -0.3 is 51.7 Å². The van der Waals surface area contributed by atoms with Gasteiger partial charge in [-0.1, -0.05) is 9.24 Å². The lowest BCUT2D eigenvalue weighted by Gasteiger charge is -2.18. The lowest BCUT2D eigenvalue weighted by Crippen LogP contribution is -2.53. The highest BCUT2D eigenvalue weighted by molar-refractivity contribution is 7.88. The molecule has 3 aromatic heterocycles. The number of rotatable bonds is 15. The average molecular weight is 733 g/mol. The molecule has 0 radical (unpaired) electrons. The van der Waals surface area contributed by atoms with Gasteiger partial charge in [0.05, 0.1) is 31.5 Å². The number of oxime groups is 1. The van der Waals surface area contributed by atoms with Gasteiger partial charge in [-0.3, -0.25) is 14.2 Å². The van der Waals surface area contributed by atoms with Gasteiger partial charge in [-0.25, -0.2) is 28.9 Å². The molecule has 0 aliphatic rings. The number of hydrogen-bond acceptors (Lipinski definition) is 17. The Balaban J connectivity index is 1.82. The SMILES string of the molecule is CC(C)(O/N=C(\C(=O)N[C@@H](CNC(=O)NS(=O)(=O)n1nc(-c2cc(=O)c(O)c[nH]2)n(C[C@@H](O)CO)c1=O)C(=O)O)c1csc(N)n1)C(=O)O. The molecule has 0 aromatic carbocycles. The number of nitrogens with two attached hydrogens (primary N) is 1. The molecule has 0 saturated heterocycles. The summed E-state index contributed by atoms with van der Waals surface area (Å²) in [5.41, 5.74) is -0.0652. The van der Waals surface area contributed by atoms with Crippen molar-refractivity contribution in [1.29, 1.82) is 0 Å². The first-order valence-corrected chi connectivity index (χ1v) is 15.6. The zero-order valence-corrected chi connectivity index (χ0v) is 26.7. The minimum Gasteiger partial charge on any atom is -0.503 e. The molecule has 3 aromatic rings. The Morgan fingerprint density at radius 2 is 1.90 bits per heavy atom. The maximum absolute atomic E-state index is 13.0. The molecule has 0 unspecified atom stereocenters. The zero-order valence-electron chi connectivity index (χ0n) is 25.0. The van der Waals surface area contributed by atoms with E-state index in [1.54, 1.807) is 0 Å². The number of thiazole rings is 1. The van der Waals surface area contributed by atoms with Crippen molar-refractivity contribution in [3.05, 3.63) is 44.0 Å². The summed E-state index contributed by atoms with van der Waals surface area (Å²) in [7, 11) is -5.24. The van der Waals surface area contributed by atoms with Crippen molar-refractivity contribution in [2.24, 2.45) is 5.16 Å².